The van der Waals surface area contributed by atoms with Gasteiger partial charge in [0.05, 0.1) is 5.01 Å². The van der Waals surface area contributed by atoms with Crippen molar-refractivity contribution in [3.05, 3.63) is 16.1 Å². The fourth-order valence-electron chi connectivity index (χ4n) is 0.861. The smallest absolute Gasteiger partial charge is 0.125 e. The summed E-state index contributed by atoms with van der Waals surface area (Å²) in [5.74, 6) is 5.03. The van der Waals surface area contributed by atoms with Gasteiger partial charge in [-0.25, -0.2) is 10.4 Å². The minimum absolute atomic E-state index is 0.0614. The third kappa shape index (κ3) is 2.01. The lowest BCUT2D eigenvalue weighted by Crippen LogP contribution is -2.38. The highest BCUT2D eigenvalue weighted by Gasteiger charge is 2.17. The zero-order valence-corrected chi connectivity index (χ0v) is 7.93. The monoisotopic (exact) mass is 187 g/mol. The number of hydrazine groups is 1. The maximum atomic E-state index is 9.32. The molecule has 5 heteroatoms. The Bertz CT molecular complexity index is 251. The van der Waals surface area contributed by atoms with Crippen LogP contribution in [0.3, 0.4) is 0 Å². The predicted molar refractivity (Wildman–Crippen MR) is 48.6 cm³/mol. The van der Waals surface area contributed by atoms with E-state index in [1.165, 1.54) is 11.3 Å². The Morgan fingerprint density at radius 1 is 1.75 bits per heavy atom. The third-order valence-electron chi connectivity index (χ3n) is 1.67. The van der Waals surface area contributed by atoms with Crippen LogP contribution in [-0.2, 0) is 0 Å². The molecule has 12 heavy (non-hydrogen) atoms. The maximum Gasteiger partial charge on any atom is 0.125 e. The summed E-state index contributed by atoms with van der Waals surface area (Å²) < 4.78 is 0. The molecule has 0 aliphatic carbocycles. The Kier molecular flexibility index (Phi) is 3.16. The van der Waals surface area contributed by atoms with Crippen molar-refractivity contribution < 1.29 is 5.11 Å². The normalized spacial score (nSPS) is 16.0. The van der Waals surface area contributed by atoms with Crippen LogP contribution in [0.5, 0.6) is 0 Å². The Balaban J connectivity index is 2.70. The number of hydrogen-bond acceptors (Lipinski definition) is 5. The highest BCUT2D eigenvalue weighted by molar-refractivity contribution is 7.09. The van der Waals surface area contributed by atoms with Crippen molar-refractivity contribution in [1.82, 2.24) is 10.4 Å². The van der Waals surface area contributed by atoms with Crippen molar-refractivity contribution in [2.45, 2.75) is 26.0 Å². The molecule has 2 unspecified atom stereocenters. The molecule has 1 rings (SSSR count). The van der Waals surface area contributed by atoms with Gasteiger partial charge in [-0.05, 0) is 6.92 Å². The van der Waals surface area contributed by atoms with Gasteiger partial charge < -0.3 is 5.11 Å². The van der Waals surface area contributed by atoms with Crippen LogP contribution in [0.15, 0.2) is 5.38 Å². The van der Waals surface area contributed by atoms with E-state index in [2.05, 4.69) is 10.4 Å². The number of nitrogens with one attached hydrogen (secondary N) is 1. The van der Waals surface area contributed by atoms with Gasteiger partial charge in [0.25, 0.3) is 0 Å². The molecule has 68 valence electrons. The minimum Gasteiger partial charge on any atom is -0.377 e. The maximum absolute atomic E-state index is 9.32. The van der Waals surface area contributed by atoms with E-state index < -0.39 is 6.23 Å². The van der Waals surface area contributed by atoms with Crippen molar-refractivity contribution in [3.63, 3.8) is 0 Å². The molecule has 4 N–H and O–H groups in total. The second-order valence-electron chi connectivity index (χ2n) is 2.73. The van der Waals surface area contributed by atoms with Crippen LogP contribution in [-0.4, -0.2) is 16.3 Å². The number of rotatable bonds is 3. The third-order valence-corrected chi connectivity index (χ3v) is 2.83. The fourth-order valence-corrected chi connectivity index (χ4v) is 1.74. The zero-order chi connectivity index (χ0) is 9.14. The number of hydrogen-bond donors (Lipinski definition) is 3. The molecule has 1 aromatic heterocycles. The van der Waals surface area contributed by atoms with Gasteiger partial charge in [0.1, 0.15) is 6.23 Å². The van der Waals surface area contributed by atoms with E-state index in [0.717, 1.165) is 10.7 Å². The number of aryl methyl sites for hydroxylation is 1. The van der Waals surface area contributed by atoms with Crippen LogP contribution in [0.2, 0.25) is 0 Å². The highest BCUT2D eigenvalue weighted by Crippen LogP contribution is 2.21. The van der Waals surface area contributed by atoms with Gasteiger partial charge in [-0.1, -0.05) is 6.92 Å². The highest BCUT2D eigenvalue weighted by atomic mass is 32.1. The first-order valence-corrected chi connectivity index (χ1v) is 4.59. The van der Waals surface area contributed by atoms with Gasteiger partial charge in [-0.3, -0.25) is 5.84 Å². The standard InChI is InChI=1S/C7H13N3OS/c1-4-3-12-7(9-4)5(2)6(11)10-8/h3,5-6,10-11H,8H2,1-2H3. The molecule has 4 nitrogen and oxygen atoms in total. The zero-order valence-electron chi connectivity index (χ0n) is 7.11. The van der Waals surface area contributed by atoms with Gasteiger partial charge >= 0.3 is 0 Å². The number of thiazole rings is 1. The van der Waals surface area contributed by atoms with E-state index in [0.29, 0.717) is 0 Å². The molecule has 0 spiro atoms. The number of aliphatic hydroxyl groups is 1. The van der Waals surface area contributed by atoms with E-state index in [-0.39, 0.29) is 5.92 Å². The van der Waals surface area contributed by atoms with Crippen molar-refractivity contribution in [2.75, 3.05) is 0 Å². The summed E-state index contributed by atoms with van der Waals surface area (Å²) in [5.41, 5.74) is 3.27. The summed E-state index contributed by atoms with van der Waals surface area (Å²) in [4.78, 5) is 4.24. The van der Waals surface area contributed by atoms with Crippen LogP contribution in [0.25, 0.3) is 0 Å². The molecule has 0 amide bonds. The molecule has 0 saturated carbocycles. The molecular weight excluding hydrogens is 174 g/mol. The molecule has 2 atom stereocenters. The Morgan fingerprint density at radius 3 is 2.83 bits per heavy atom. The lowest BCUT2D eigenvalue weighted by atomic mass is 10.2. The first-order chi connectivity index (χ1) is 5.65. The van der Waals surface area contributed by atoms with Crippen LogP contribution in [0, 0.1) is 6.92 Å². The van der Waals surface area contributed by atoms with Gasteiger partial charge in [0.2, 0.25) is 0 Å². The van der Waals surface area contributed by atoms with Crippen molar-refractivity contribution in [1.29, 1.82) is 0 Å². The van der Waals surface area contributed by atoms with E-state index >= 15 is 0 Å². The molecule has 1 aromatic rings. The van der Waals surface area contributed by atoms with Crippen LogP contribution in [0.4, 0.5) is 0 Å². The summed E-state index contributed by atoms with van der Waals surface area (Å²) in [6.45, 7) is 3.80. The van der Waals surface area contributed by atoms with Gasteiger partial charge in [-0.2, -0.15) is 0 Å². The molecule has 1 heterocycles. The average Bonchev–Trinajstić information content (AvgIpc) is 2.49. The summed E-state index contributed by atoms with van der Waals surface area (Å²) in [5, 5.41) is 12.2. The van der Waals surface area contributed by atoms with Gasteiger partial charge in [0.15, 0.2) is 0 Å². The quantitative estimate of drug-likeness (QED) is 0.362. The molecule has 0 fully saturated rings. The van der Waals surface area contributed by atoms with E-state index in [1.807, 2.05) is 19.2 Å². The second kappa shape index (κ2) is 3.95. The van der Waals surface area contributed by atoms with Crippen molar-refractivity contribution >= 4 is 11.3 Å². The van der Waals surface area contributed by atoms with Crippen LogP contribution in [0.1, 0.15) is 23.5 Å². The minimum atomic E-state index is -0.726. The number of nitrogens with two attached hydrogens (primary N) is 1. The average molecular weight is 187 g/mol. The Morgan fingerprint density at radius 2 is 2.42 bits per heavy atom. The summed E-state index contributed by atoms with van der Waals surface area (Å²) in [6, 6.07) is 0. The fraction of sp³-hybridized carbons (Fsp3) is 0.571. The predicted octanol–water partition coefficient (Wildman–Crippen LogP) is 0.337. The number of nitrogens with zero attached hydrogens (tertiary/aromatic N) is 1. The number of aliphatic hydroxyl groups excluding tert-OH is 1. The number of aromatic nitrogens is 1. The lowest BCUT2D eigenvalue weighted by molar-refractivity contribution is 0.114. The molecule has 0 bridgehead atoms. The summed E-state index contributed by atoms with van der Waals surface area (Å²) in [6.07, 6.45) is -0.726. The van der Waals surface area contributed by atoms with E-state index in [4.69, 9.17) is 5.84 Å². The lowest BCUT2D eigenvalue weighted by Gasteiger charge is -2.14. The Labute approximate surface area is 75.4 Å². The van der Waals surface area contributed by atoms with Crippen LogP contribution >= 0.6 is 11.3 Å². The van der Waals surface area contributed by atoms with Gasteiger partial charge in [-0.15, -0.1) is 11.3 Å². The Hall–Kier alpha value is -0.490. The molecule has 0 aliphatic rings. The topological polar surface area (TPSA) is 71.2 Å². The summed E-state index contributed by atoms with van der Waals surface area (Å²) >= 11 is 1.53. The summed E-state index contributed by atoms with van der Waals surface area (Å²) in [7, 11) is 0. The first kappa shape index (κ1) is 9.60. The molecule has 0 radical (unpaired) electrons. The molecule has 0 aliphatic heterocycles. The van der Waals surface area contributed by atoms with Crippen LogP contribution < -0.4 is 11.3 Å². The van der Waals surface area contributed by atoms with Gasteiger partial charge in [0, 0.05) is 17.0 Å². The van der Waals surface area contributed by atoms with E-state index in [1.54, 1.807) is 0 Å². The molecular formula is C7H13N3OS. The SMILES string of the molecule is Cc1csc(C(C)C(O)NN)n1. The van der Waals surface area contributed by atoms with Crippen molar-refractivity contribution in [3.8, 4) is 0 Å². The first-order valence-electron chi connectivity index (χ1n) is 3.71. The van der Waals surface area contributed by atoms with Crippen molar-refractivity contribution in [2.24, 2.45) is 5.84 Å². The largest absolute Gasteiger partial charge is 0.377 e. The second-order valence-corrected chi connectivity index (χ2v) is 3.62. The molecule has 0 saturated heterocycles. The van der Waals surface area contributed by atoms with E-state index in [9.17, 15) is 5.11 Å². The molecule has 0 aromatic carbocycles.